The van der Waals surface area contributed by atoms with E-state index < -0.39 is 0 Å². The van der Waals surface area contributed by atoms with Gasteiger partial charge in [-0.15, -0.1) is 24.0 Å². The van der Waals surface area contributed by atoms with E-state index in [1.165, 1.54) is 19.3 Å². The number of aliphatic imine (C=N–C) groups is 1. The van der Waals surface area contributed by atoms with E-state index in [0.29, 0.717) is 12.5 Å². The van der Waals surface area contributed by atoms with Crippen LogP contribution < -0.4 is 10.6 Å². The molecule has 2 N–H and O–H groups in total. The van der Waals surface area contributed by atoms with Gasteiger partial charge in [0, 0.05) is 33.6 Å². The molecule has 7 heteroatoms. The maximum Gasteiger partial charge on any atom is 0.243 e. The fourth-order valence-electron chi connectivity index (χ4n) is 1.98. The van der Waals surface area contributed by atoms with Crippen molar-refractivity contribution in [3.05, 3.63) is 24.2 Å². The molecule has 0 radical (unpaired) electrons. The Morgan fingerprint density at radius 3 is 2.58 bits per heavy atom. The van der Waals surface area contributed by atoms with E-state index in [0.717, 1.165) is 25.1 Å². The third-order valence-corrected chi connectivity index (χ3v) is 3.44. The van der Waals surface area contributed by atoms with Gasteiger partial charge in [0.15, 0.2) is 5.96 Å². The molecule has 0 saturated heterocycles. The van der Waals surface area contributed by atoms with Crippen molar-refractivity contribution in [1.29, 1.82) is 0 Å². The first-order valence-corrected chi connectivity index (χ1v) is 8.38. The maximum atomic E-state index is 11.7. The molecular weight excluding hydrogens is 419 g/mol. The molecule has 0 aliphatic rings. The summed E-state index contributed by atoms with van der Waals surface area (Å²) >= 11 is 0. The van der Waals surface area contributed by atoms with E-state index in [1.54, 1.807) is 25.3 Å². The number of halogens is 1. The third-order valence-electron chi connectivity index (χ3n) is 3.44. The lowest BCUT2D eigenvalue weighted by Crippen LogP contribution is -2.40. The van der Waals surface area contributed by atoms with E-state index in [4.69, 9.17) is 4.42 Å². The van der Waals surface area contributed by atoms with E-state index in [1.807, 2.05) is 12.1 Å². The molecule has 0 bridgehead atoms. The highest BCUT2D eigenvalue weighted by Crippen LogP contribution is 1.99. The summed E-state index contributed by atoms with van der Waals surface area (Å²) in [4.78, 5) is 17.6. The lowest BCUT2D eigenvalue weighted by Gasteiger charge is -2.13. The summed E-state index contributed by atoms with van der Waals surface area (Å²) in [5.41, 5.74) is 0. The largest absolute Gasteiger partial charge is 0.469 e. The number of hydrogen-bond donors (Lipinski definition) is 2. The molecule has 24 heavy (non-hydrogen) atoms. The third kappa shape index (κ3) is 10.5. The number of carbonyl (C=O) groups excluding carboxylic acids is 1. The van der Waals surface area contributed by atoms with Gasteiger partial charge in [0.1, 0.15) is 12.3 Å². The van der Waals surface area contributed by atoms with Gasteiger partial charge < -0.3 is 20.0 Å². The number of unbranched alkanes of at least 4 members (excludes halogenated alkanes) is 3. The standard InChI is InChI=1S/C17H30N4O2.HI/c1-4-5-6-7-11-18-17(20-14-16(22)21(2)3)19-12-10-15-9-8-13-23-15;/h8-9,13H,4-7,10-12,14H2,1-3H3,(H2,18,19,20);1H. The zero-order valence-corrected chi connectivity index (χ0v) is 17.3. The van der Waals surface area contributed by atoms with Gasteiger partial charge in [-0.3, -0.25) is 4.79 Å². The first-order chi connectivity index (χ1) is 11.1. The minimum absolute atomic E-state index is 0. The summed E-state index contributed by atoms with van der Waals surface area (Å²) in [6.45, 7) is 3.93. The van der Waals surface area contributed by atoms with Crippen LogP contribution in [0.4, 0.5) is 0 Å². The molecule has 1 heterocycles. The lowest BCUT2D eigenvalue weighted by atomic mass is 10.2. The quantitative estimate of drug-likeness (QED) is 0.249. The van der Waals surface area contributed by atoms with Crippen LogP contribution in [0.25, 0.3) is 0 Å². The van der Waals surface area contributed by atoms with Crippen molar-refractivity contribution in [3.8, 4) is 0 Å². The molecule has 1 rings (SSSR count). The molecule has 0 spiro atoms. The predicted octanol–water partition coefficient (Wildman–Crippen LogP) is 2.64. The Hall–Kier alpha value is -1.25. The zero-order valence-electron chi connectivity index (χ0n) is 15.0. The fourth-order valence-corrected chi connectivity index (χ4v) is 1.98. The van der Waals surface area contributed by atoms with Gasteiger partial charge in [-0.05, 0) is 18.6 Å². The van der Waals surface area contributed by atoms with Crippen LogP contribution in [0, 0.1) is 0 Å². The molecule has 1 amide bonds. The number of nitrogens with zero attached hydrogens (tertiary/aromatic N) is 2. The highest BCUT2D eigenvalue weighted by molar-refractivity contribution is 14.0. The van der Waals surface area contributed by atoms with Gasteiger partial charge in [0.2, 0.25) is 5.91 Å². The molecule has 0 unspecified atom stereocenters. The Morgan fingerprint density at radius 1 is 1.21 bits per heavy atom. The second-order valence-electron chi connectivity index (χ2n) is 5.70. The molecule has 0 fully saturated rings. The average Bonchev–Trinajstić information content (AvgIpc) is 3.04. The molecule has 6 nitrogen and oxygen atoms in total. The minimum atomic E-state index is -0.0110. The average molecular weight is 450 g/mol. The molecule has 0 aliphatic carbocycles. The maximum absolute atomic E-state index is 11.7. The van der Waals surface area contributed by atoms with Crippen LogP contribution in [-0.2, 0) is 11.2 Å². The molecule has 1 aromatic heterocycles. The molecule has 0 aromatic carbocycles. The Bertz CT molecular complexity index is 461. The van der Waals surface area contributed by atoms with Crippen LogP contribution in [0.2, 0.25) is 0 Å². The van der Waals surface area contributed by atoms with E-state index >= 15 is 0 Å². The summed E-state index contributed by atoms with van der Waals surface area (Å²) in [6, 6.07) is 3.83. The number of guanidine groups is 1. The van der Waals surface area contributed by atoms with E-state index in [9.17, 15) is 4.79 Å². The zero-order chi connectivity index (χ0) is 16.9. The highest BCUT2D eigenvalue weighted by Gasteiger charge is 2.04. The van der Waals surface area contributed by atoms with E-state index in [2.05, 4.69) is 22.5 Å². The first kappa shape index (κ1) is 22.8. The summed E-state index contributed by atoms with van der Waals surface area (Å²) < 4.78 is 5.31. The second-order valence-corrected chi connectivity index (χ2v) is 5.70. The van der Waals surface area contributed by atoms with Gasteiger partial charge in [-0.2, -0.15) is 0 Å². The van der Waals surface area contributed by atoms with Crippen molar-refractivity contribution in [2.24, 2.45) is 4.99 Å². The molecule has 1 aromatic rings. The number of nitrogens with one attached hydrogen (secondary N) is 2. The van der Waals surface area contributed by atoms with Crippen molar-refractivity contribution >= 4 is 35.8 Å². The molecule has 0 atom stereocenters. The Balaban J connectivity index is 0.00000529. The SMILES string of the molecule is CCCCCCNC(=NCC(=O)N(C)C)NCCc1ccco1.I. The monoisotopic (exact) mass is 450 g/mol. The van der Waals surface area contributed by atoms with Crippen molar-refractivity contribution in [1.82, 2.24) is 15.5 Å². The van der Waals surface area contributed by atoms with Crippen molar-refractivity contribution in [2.45, 2.75) is 39.0 Å². The van der Waals surface area contributed by atoms with Crippen molar-refractivity contribution < 1.29 is 9.21 Å². The lowest BCUT2D eigenvalue weighted by molar-refractivity contribution is -0.127. The van der Waals surface area contributed by atoms with Gasteiger partial charge in [0.25, 0.3) is 0 Å². The first-order valence-electron chi connectivity index (χ1n) is 8.38. The van der Waals surface area contributed by atoms with Crippen LogP contribution in [-0.4, -0.2) is 50.5 Å². The second kappa shape index (κ2) is 14.1. The number of likely N-dealkylation sites (N-methyl/N-ethyl adjacent to an activating group) is 1. The topological polar surface area (TPSA) is 69.9 Å². The number of rotatable bonds is 10. The molecule has 0 aliphatic heterocycles. The van der Waals surface area contributed by atoms with Crippen LogP contribution in [0.3, 0.4) is 0 Å². The van der Waals surface area contributed by atoms with Crippen LogP contribution >= 0.6 is 24.0 Å². The van der Waals surface area contributed by atoms with E-state index in [-0.39, 0.29) is 36.4 Å². The van der Waals surface area contributed by atoms with Crippen LogP contribution in [0.5, 0.6) is 0 Å². The normalized spacial score (nSPS) is 10.9. The number of hydrogen-bond acceptors (Lipinski definition) is 3. The molecular formula is C17H31IN4O2. The van der Waals surface area contributed by atoms with Gasteiger partial charge in [-0.25, -0.2) is 4.99 Å². The van der Waals surface area contributed by atoms with Crippen LogP contribution in [0.15, 0.2) is 27.8 Å². The smallest absolute Gasteiger partial charge is 0.243 e. The summed E-state index contributed by atoms with van der Waals surface area (Å²) in [6.07, 6.45) is 7.24. The molecule has 0 saturated carbocycles. The number of amides is 1. The Kier molecular flexibility index (Phi) is 13.4. The molecule has 138 valence electrons. The van der Waals surface area contributed by atoms with Gasteiger partial charge in [-0.1, -0.05) is 26.2 Å². The van der Waals surface area contributed by atoms with Gasteiger partial charge in [0.05, 0.1) is 6.26 Å². The summed E-state index contributed by atoms with van der Waals surface area (Å²) in [5.74, 6) is 1.61. The Morgan fingerprint density at radius 2 is 1.96 bits per heavy atom. The predicted molar refractivity (Wildman–Crippen MR) is 109 cm³/mol. The van der Waals surface area contributed by atoms with Crippen molar-refractivity contribution in [3.63, 3.8) is 0 Å². The minimum Gasteiger partial charge on any atom is -0.469 e. The van der Waals surface area contributed by atoms with Crippen molar-refractivity contribution in [2.75, 3.05) is 33.7 Å². The Labute approximate surface area is 162 Å². The van der Waals surface area contributed by atoms with Crippen LogP contribution in [0.1, 0.15) is 38.4 Å². The van der Waals surface area contributed by atoms with Gasteiger partial charge >= 0.3 is 0 Å². The number of furan rings is 1. The highest BCUT2D eigenvalue weighted by atomic mass is 127. The number of carbonyl (C=O) groups is 1. The summed E-state index contributed by atoms with van der Waals surface area (Å²) in [7, 11) is 3.47. The fraction of sp³-hybridized carbons (Fsp3) is 0.647. The summed E-state index contributed by atoms with van der Waals surface area (Å²) in [5, 5.41) is 6.54.